The summed E-state index contributed by atoms with van der Waals surface area (Å²) in [6.45, 7) is 2.63. The molecule has 1 N–H and O–H groups in total. The van der Waals surface area contributed by atoms with Crippen molar-refractivity contribution < 1.29 is 4.42 Å². The summed E-state index contributed by atoms with van der Waals surface area (Å²) in [5.74, 6) is 0.913. The Morgan fingerprint density at radius 1 is 1.30 bits per heavy atom. The molecule has 0 atom stereocenters. The van der Waals surface area contributed by atoms with Gasteiger partial charge in [0.25, 0.3) is 0 Å². The van der Waals surface area contributed by atoms with E-state index in [2.05, 4.69) is 10.4 Å². The molecule has 2 heterocycles. The molecule has 3 aromatic rings. The van der Waals surface area contributed by atoms with Crippen LogP contribution < -0.4 is 5.32 Å². The number of hydrogen-bond donors (Lipinski definition) is 1. The van der Waals surface area contributed by atoms with Crippen molar-refractivity contribution in [3.8, 4) is 5.69 Å². The number of aromatic nitrogens is 2. The zero-order valence-electron chi connectivity index (χ0n) is 11.0. The largest absolute Gasteiger partial charge is 0.467 e. The molecule has 0 unspecified atom stereocenters. The van der Waals surface area contributed by atoms with E-state index >= 15 is 0 Å². The van der Waals surface area contributed by atoms with Crippen LogP contribution >= 0.6 is 11.6 Å². The molecule has 1 aromatic carbocycles. The lowest BCUT2D eigenvalue weighted by Gasteiger charge is -2.13. The second-order valence-corrected chi connectivity index (χ2v) is 4.87. The molecule has 0 saturated carbocycles. The molecular weight excluding hydrogens is 274 g/mol. The van der Waals surface area contributed by atoms with Crippen molar-refractivity contribution >= 4 is 17.3 Å². The van der Waals surface area contributed by atoms with Crippen molar-refractivity contribution in [2.45, 2.75) is 13.5 Å². The summed E-state index contributed by atoms with van der Waals surface area (Å²) in [5, 5.41) is 8.23. The average Bonchev–Trinajstić information content (AvgIpc) is 3.08. The zero-order valence-corrected chi connectivity index (χ0v) is 11.8. The van der Waals surface area contributed by atoms with Gasteiger partial charge in [0, 0.05) is 12.4 Å². The van der Waals surface area contributed by atoms with Crippen molar-refractivity contribution in [1.82, 2.24) is 9.78 Å². The first kappa shape index (κ1) is 12.8. The summed E-state index contributed by atoms with van der Waals surface area (Å²) >= 11 is 6.29. The van der Waals surface area contributed by atoms with E-state index in [9.17, 15) is 0 Å². The third-order valence-corrected chi connectivity index (χ3v) is 3.43. The number of rotatable bonds is 4. The Morgan fingerprint density at radius 2 is 2.20 bits per heavy atom. The summed E-state index contributed by atoms with van der Waals surface area (Å²) in [7, 11) is 0. The molecule has 0 aliphatic rings. The van der Waals surface area contributed by atoms with E-state index < -0.39 is 0 Å². The van der Waals surface area contributed by atoms with Crippen molar-refractivity contribution in [3.63, 3.8) is 0 Å². The Bertz CT molecular complexity index is 704. The van der Waals surface area contributed by atoms with Gasteiger partial charge in [0.2, 0.25) is 0 Å². The standard InChI is InChI=1S/C15H14ClN3O/c1-11-6-9-20-14(11)10-17-13-5-2-4-12(16)15(13)19-8-3-7-18-19/h2-9,17H,10H2,1H3. The van der Waals surface area contributed by atoms with Gasteiger partial charge in [-0.15, -0.1) is 0 Å². The Labute approximate surface area is 122 Å². The van der Waals surface area contributed by atoms with Crippen molar-refractivity contribution in [2.24, 2.45) is 0 Å². The van der Waals surface area contributed by atoms with Crippen molar-refractivity contribution in [2.75, 3.05) is 5.32 Å². The third kappa shape index (κ3) is 2.42. The minimum absolute atomic E-state index is 0.605. The van der Waals surface area contributed by atoms with Crippen LogP contribution in [0.3, 0.4) is 0 Å². The number of para-hydroxylation sites is 1. The lowest BCUT2D eigenvalue weighted by Crippen LogP contribution is -2.05. The molecule has 0 spiro atoms. The maximum Gasteiger partial charge on any atom is 0.125 e. The van der Waals surface area contributed by atoms with Crippen LogP contribution in [0.15, 0.2) is 53.4 Å². The van der Waals surface area contributed by atoms with Gasteiger partial charge in [0.05, 0.1) is 23.5 Å². The molecular formula is C15H14ClN3O. The molecule has 3 rings (SSSR count). The molecule has 0 amide bonds. The number of furan rings is 1. The van der Waals surface area contributed by atoms with E-state index in [0.717, 1.165) is 22.7 Å². The first-order valence-corrected chi connectivity index (χ1v) is 6.69. The molecule has 0 bridgehead atoms. The number of halogens is 1. The molecule has 0 saturated heterocycles. The number of aryl methyl sites for hydroxylation is 1. The minimum atomic E-state index is 0.605. The van der Waals surface area contributed by atoms with Gasteiger partial charge < -0.3 is 9.73 Å². The van der Waals surface area contributed by atoms with Crippen molar-refractivity contribution in [1.29, 1.82) is 0 Å². The lowest BCUT2D eigenvalue weighted by molar-refractivity contribution is 0.515. The molecule has 2 aromatic heterocycles. The quantitative estimate of drug-likeness (QED) is 0.787. The van der Waals surface area contributed by atoms with Crippen LogP contribution in [-0.2, 0) is 6.54 Å². The fraction of sp³-hybridized carbons (Fsp3) is 0.133. The number of nitrogens with zero attached hydrogens (tertiary/aromatic N) is 2. The van der Waals surface area contributed by atoms with E-state index in [-0.39, 0.29) is 0 Å². The van der Waals surface area contributed by atoms with Gasteiger partial charge in [-0.25, -0.2) is 4.68 Å². The highest BCUT2D eigenvalue weighted by Crippen LogP contribution is 2.28. The normalized spacial score (nSPS) is 10.7. The number of anilines is 1. The van der Waals surface area contributed by atoms with Gasteiger partial charge in [-0.1, -0.05) is 17.7 Å². The zero-order chi connectivity index (χ0) is 13.9. The van der Waals surface area contributed by atoms with Crippen LogP contribution in [0.1, 0.15) is 11.3 Å². The fourth-order valence-corrected chi connectivity index (χ4v) is 2.31. The maximum absolute atomic E-state index is 6.29. The predicted molar refractivity (Wildman–Crippen MR) is 79.3 cm³/mol. The van der Waals surface area contributed by atoms with Crippen molar-refractivity contribution in [3.05, 3.63) is 65.3 Å². The monoisotopic (exact) mass is 287 g/mol. The minimum Gasteiger partial charge on any atom is -0.467 e. The SMILES string of the molecule is Cc1ccoc1CNc1cccc(Cl)c1-n1cccn1. The molecule has 20 heavy (non-hydrogen) atoms. The molecule has 4 nitrogen and oxygen atoms in total. The molecule has 102 valence electrons. The summed E-state index contributed by atoms with van der Waals surface area (Å²) in [4.78, 5) is 0. The second-order valence-electron chi connectivity index (χ2n) is 4.47. The number of benzene rings is 1. The maximum atomic E-state index is 6.29. The van der Waals surface area contributed by atoms with Gasteiger partial charge in [0.1, 0.15) is 11.4 Å². The average molecular weight is 288 g/mol. The van der Waals surface area contributed by atoms with Gasteiger partial charge in [0.15, 0.2) is 0 Å². The molecule has 0 radical (unpaired) electrons. The van der Waals surface area contributed by atoms with E-state index in [1.165, 1.54) is 0 Å². The van der Waals surface area contributed by atoms with Crippen LogP contribution in [0.25, 0.3) is 5.69 Å². The second kappa shape index (κ2) is 5.43. The third-order valence-electron chi connectivity index (χ3n) is 3.13. The lowest BCUT2D eigenvalue weighted by atomic mass is 10.2. The Balaban J connectivity index is 1.90. The van der Waals surface area contributed by atoms with Gasteiger partial charge in [-0.05, 0) is 36.8 Å². The van der Waals surface area contributed by atoms with Gasteiger partial charge in [-0.3, -0.25) is 0 Å². The highest BCUT2D eigenvalue weighted by molar-refractivity contribution is 6.33. The highest BCUT2D eigenvalue weighted by Gasteiger charge is 2.10. The number of hydrogen-bond acceptors (Lipinski definition) is 3. The molecule has 5 heteroatoms. The van der Waals surface area contributed by atoms with Crippen LogP contribution in [0.5, 0.6) is 0 Å². The first-order valence-electron chi connectivity index (χ1n) is 6.31. The summed E-state index contributed by atoms with van der Waals surface area (Å²) in [6, 6.07) is 9.54. The molecule has 0 fully saturated rings. The van der Waals surface area contributed by atoms with E-state index in [1.807, 2.05) is 43.5 Å². The number of nitrogens with one attached hydrogen (secondary N) is 1. The summed E-state index contributed by atoms with van der Waals surface area (Å²) in [5.41, 5.74) is 2.88. The summed E-state index contributed by atoms with van der Waals surface area (Å²) in [6.07, 6.45) is 5.28. The Morgan fingerprint density at radius 3 is 2.90 bits per heavy atom. The topological polar surface area (TPSA) is 43.0 Å². The van der Waals surface area contributed by atoms with Gasteiger partial charge in [-0.2, -0.15) is 5.10 Å². The fourth-order valence-electron chi connectivity index (χ4n) is 2.05. The molecule has 0 aliphatic heterocycles. The van der Waals surface area contributed by atoms with Crippen LogP contribution in [0, 0.1) is 6.92 Å². The Hall–Kier alpha value is -2.20. The summed E-state index contributed by atoms with van der Waals surface area (Å²) < 4.78 is 7.18. The highest BCUT2D eigenvalue weighted by atomic mass is 35.5. The van der Waals surface area contributed by atoms with E-state index in [1.54, 1.807) is 17.1 Å². The van der Waals surface area contributed by atoms with E-state index in [4.69, 9.17) is 16.0 Å². The smallest absolute Gasteiger partial charge is 0.125 e. The molecule has 0 aliphatic carbocycles. The van der Waals surface area contributed by atoms with Crippen LogP contribution in [0.4, 0.5) is 5.69 Å². The van der Waals surface area contributed by atoms with Crippen LogP contribution in [0.2, 0.25) is 5.02 Å². The predicted octanol–water partition coefficient (Wildman–Crippen LogP) is 4.04. The van der Waals surface area contributed by atoms with Gasteiger partial charge >= 0.3 is 0 Å². The van der Waals surface area contributed by atoms with E-state index in [0.29, 0.717) is 11.6 Å². The first-order chi connectivity index (χ1) is 9.75. The van der Waals surface area contributed by atoms with Crippen LogP contribution in [-0.4, -0.2) is 9.78 Å². The Kier molecular flexibility index (Phi) is 3.48.